The van der Waals surface area contributed by atoms with Crippen molar-refractivity contribution in [3.63, 3.8) is 0 Å². The summed E-state index contributed by atoms with van der Waals surface area (Å²) < 4.78 is 0. The first kappa shape index (κ1) is 46.7. The van der Waals surface area contributed by atoms with Crippen LogP contribution < -0.4 is 26.6 Å². The molecule has 5 aromatic carbocycles. The summed E-state index contributed by atoms with van der Waals surface area (Å²) in [4.78, 5) is 88.9. The second-order valence-corrected chi connectivity index (χ2v) is 20.6. The minimum Gasteiger partial charge on any atom is -0.373 e. The number of anilines is 1. The molecule has 0 spiro atoms. The van der Waals surface area contributed by atoms with Crippen LogP contribution in [-0.4, -0.2) is 102 Å². The lowest BCUT2D eigenvalue weighted by Crippen LogP contribution is -2.43. The van der Waals surface area contributed by atoms with Gasteiger partial charge in [-0.05, 0) is 66.1 Å². The smallest absolute Gasteiger partial charge is 0.255 e. The number of nitrogens with zero attached hydrogens (tertiary/aromatic N) is 2. The van der Waals surface area contributed by atoms with Gasteiger partial charge >= 0.3 is 0 Å². The molecule has 2 saturated heterocycles. The highest BCUT2D eigenvalue weighted by Crippen LogP contribution is 2.45. The molecule has 11 rings (SSSR count). The van der Waals surface area contributed by atoms with Crippen LogP contribution in [-0.2, 0) is 19.2 Å². The molecule has 6 fully saturated rings. The van der Waals surface area contributed by atoms with E-state index in [0.29, 0.717) is 5.69 Å². The van der Waals surface area contributed by atoms with E-state index in [9.17, 15) is 28.8 Å². The molecule has 4 aliphatic carbocycles. The van der Waals surface area contributed by atoms with Crippen LogP contribution in [0.2, 0.25) is 0 Å². The predicted octanol–water partition coefficient (Wildman–Crippen LogP) is 5.80. The summed E-state index contributed by atoms with van der Waals surface area (Å²) in [5.74, 6) is -1.69. The minimum atomic E-state index is -0.790. The summed E-state index contributed by atoms with van der Waals surface area (Å²) in [6, 6.07) is 44.6. The SMILES string of the molecule is C#CCNc1cc(C(=O)N2C[C@@H](C(=O)N[C@H]3C[C@@H]3c3ccccc3)[C@H](C(=O)N[C@H]3C[C@@H]3c3ccccc3)C2)ccc1C(=O)N1C[C@@H](C(=O)N[C@H]2C[C@@H]2c2ccccc2)[C@H](C(=O)N[C@H]2C[C@@H]2c2ccccc2)C1. The number of nitrogens with one attached hydrogen (secondary N) is 5. The zero-order valence-corrected chi connectivity index (χ0v) is 40.0. The molecule has 366 valence electrons. The lowest BCUT2D eigenvalue weighted by atomic mass is 9.94. The van der Waals surface area contributed by atoms with Crippen molar-refractivity contribution < 1.29 is 28.8 Å². The van der Waals surface area contributed by atoms with E-state index in [1.54, 1.807) is 28.0 Å². The fraction of sp³-hybridized carbons (Fsp3) is 0.356. The van der Waals surface area contributed by atoms with Gasteiger partial charge in [-0.15, -0.1) is 6.42 Å². The number of benzene rings is 5. The molecular formula is C59H59N7O6. The Kier molecular flexibility index (Phi) is 12.8. The van der Waals surface area contributed by atoms with Crippen molar-refractivity contribution in [3.05, 3.63) is 173 Å². The van der Waals surface area contributed by atoms with Crippen LogP contribution in [0.4, 0.5) is 5.69 Å². The van der Waals surface area contributed by atoms with Gasteiger partial charge in [-0.25, -0.2) is 0 Å². The van der Waals surface area contributed by atoms with Crippen molar-refractivity contribution in [2.24, 2.45) is 23.7 Å². The molecule has 6 amide bonds. The molecule has 13 heteroatoms. The van der Waals surface area contributed by atoms with Gasteiger partial charge in [0.2, 0.25) is 23.6 Å². The minimum absolute atomic E-state index is 0.0219. The average Bonchev–Trinajstić information content (AvgIpc) is 4.35. The number of hydrogen-bond acceptors (Lipinski definition) is 7. The summed E-state index contributed by atoms with van der Waals surface area (Å²) >= 11 is 0. The van der Waals surface area contributed by atoms with Crippen molar-refractivity contribution in [2.75, 3.05) is 38.0 Å². The number of carbonyl (C=O) groups excluding carboxylic acids is 6. The van der Waals surface area contributed by atoms with E-state index in [1.165, 1.54) is 0 Å². The van der Waals surface area contributed by atoms with Crippen molar-refractivity contribution in [1.29, 1.82) is 0 Å². The van der Waals surface area contributed by atoms with Gasteiger partial charge in [-0.3, -0.25) is 28.8 Å². The van der Waals surface area contributed by atoms with Gasteiger partial charge in [0.15, 0.2) is 0 Å². The van der Waals surface area contributed by atoms with E-state index < -0.39 is 35.5 Å². The summed E-state index contributed by atoms with van der Waals surface area (Å²) in [7, 11) is 0. The molecule has 0 bridgehead atoms. The maximum absolute atomic E-state index is 14.7. The first-order chi connectivity index (χ1) is 35.1. The summed E-state index contributed by atoms with van der Waals surface area (Å²) in [6.45, 7) is 0.161. The topological polar surface area (TPSA) is 169 Å². The molecular weight excluding hydrogens is 903 g/mol. The predicted molar refractivity (Wildman–Crippen MR) is 272 cm³/mol. The Labute approximate surface area is 419 Å². The maximum Gasteiger partial charge on any atom is 0.255 e. The third kappa shape index (κ3) is 9.95. The Bertz CT molecular complexity index is 2760. The van der Waals surface area contributed by atoms with Crippen molar-refractivity contribution in [1.82, 2.24) is 31.1 Å². The molecule has 6 aliphatic rings. The zero-order chi connectivity index (χ0) is 49.5. The van der Waals surface area contributed by atoms with E-state index in [2.05, 4.69) is 81.0 Å². The quantitative estimate of drug-likeness (QED) is 0.0780. The first-order valence-corrected chi connectivity index (χ1v) is 25.4. The van der Waals surface area contributed by atoms with Gasteiger partial charge < -0.3 is 36.4 Å². The number of carbonyl (C=O) groups is 6. The molecule has 2 heterocycles. The molecule has 2 aliphatic heterocycles. The van der Waals surface area contributed by atoms with E-state index in [0.717, 1.165) is 47.9 Å². The van der Waals surface area contributed by atoms with E-state index in [1.807, 2.05) is 72.8 Å². The van der Waals surface area contributed by atoms with E-state index >= 15 is 0 Å². The molecule has 5 N–H and O–H groups in total. The molecule has 0 aromatic heterocycles. The molecule has 72 heavy (non-hydrogen) atoms. The lowest BCUT2D eigenvalue weighted by molar-refractivity contribution is -0.133. The van der Waals surface area contributed by atoms with Crippen LogP contribution in [0.3, 0.4) is 0 Å². The summed E-state index contributed by atoms with van der Waals surface area (Å²) in [5.41, 5.74) is 5.37. The number of hydrogen-bond donors (Lipinski definition) is 5. The van der Waals surface area contributed by atoms with Gasteiger partial charge in [0.25, 0.3) is 11.8 Å². The van der Waals surface area contributed by atoms with Gasteiger partial charge in [0, 0.05) is 85.3 Å². The molecule has 13 nitrogen and oxygen atoms in total. The first-order valence-electron chi connectivity index (χ1n) is 25.4. The van der Waals surface area contributed by atoms with E-state index in [-0.39, 0.29) is 115 Å². The molecule has 0 radical (unpaired) electrons. The molecule has 5 aromatic rings. The fourth-order valence-electron chi connectivity index (χ4n) is 11.4. The highest BCUT2D eigenvalue weighted by molar-refractivity contribution is 6.04. The summed E-state index contributed by atoms with van der Waals surface area (Å²) in [5, 5.41) is 15.9. The maximum atomic E-state index is 14.7. The lowest BCUT2D eigenvalue weighted by Gasteiger charge is -2.21. The highest BCUT2D eigenvalue weighted by atomic mass is 16.2. The largest absolute Gasteiger partial charge is 0.373 e. The average molecular weight is 962 g/mol. The number of rotatable bonds is 16. The fourth-order valence-corrected chi connectivity index (χ4v) is 11.4. The van der Waals surface area contributed by atoms with Crippen LogP contribution in [0, 0.1) is 36.0 Å². The van der Waals surface area contributed by atoms with Crippen molar-refractivity contribution in [2.45, 2.75) is 73.5 Å². The van der Waals surface area contributed by atoms with Gasteiger partial charge in [0.05, 0.1) is 35.8 Å². The summed E-state index contributed by atoms with van der Waals surface area (Å²) in [6.07, 6.45) is 8.89. The molecule has 12 atom stereocenters. The number of amides is 6. The second kappa shape index (κ2) is 19.8. The van der Waals surface area contributed by atoms with Crippen LogP contribution in [0.1, 0.15) is 92.3 Å². The van der Waals surface area contributed by atoms with Crippen LogP contribution in [0.25, 0.3) is 0 Å². The second-order valence-electron chi connectivity index (χ2n) is 20.6. The third-order valence-electron chi connectivity index (χ3n) is 15.8. The molecule has 4 saturated carbocycles. The van der Waals surface area contributed by atoms with Crippen molar-refractivity contribution >= 4 is 41.1 Å². The number of terminal acetylenes is 1. The highest BCUT2D eigenvalue weighted by Gasteiger charge is 2.51. The molecule has 0 unspecified atom stereocenters. The van der Waals surface area contributed by atoms with Gasteiger partial charge in [-0.2, -0.15) is 0 Å². The standard InChI is InChI=1S/C59H59N7O6/c1-2-25-60-49-26-39(58(71)65-31-45(54(67)61-50-27-41(50)35-15-7-3-8-16-35)46(32-65)55(68)62-51-28-42(51)36-17-9-4-10-18-36)23-24-40(49)59(72)66-33-47(56(69)63-52-29-43(52)37-19-11-5-12-20-37)48(34-66)57(70)64-53-30-44(53)38-21-13-6-14-22-38/h1,3-24,26,41-48,50-53,60H,25,27-34H2,(H,61,67)(H,62,68)(H,63,69)(H,64,70)/t41-,42-,43-,44-,45-,46-,47-,48-,50+,51+,52+,53+/m1/s1. The zero-order valence-electron chi connectivity index (χ0n) is 40.0. The Morgan fingerprint density at radius 1 is 0.444 bits per heavy atom. The monoisotopic (exact) mass is 961 g/mol. The number of likely N-dealkylation sites (tertiary alicyclic amines) is 2. The normalized spacial score (nSPS) is 28.4. The Hall–Kier alpha value is -7.72. The Balaban J connectivity index is 0.799. The van der Waals surface area contributed by atoms with Gasteiger partial charge in [-0.1, -0.05) is 127 Å². The van der Waals surface area contributed by atoms with E-state index in [4.69, 9.17) is 6.42 Å². The Morgan fingerprint density at radius 3 is 1.08 bits per heavy atom. The van der Waals surface area contributed by atoms with Crippen LogP contribution in [0.5, 0.6) is 0 Å². The third-order valence-corrected chi connectivity index (χ3v) is 15.8. The Morgan fingerprint density at radius 2 is 0.764 bits per heavy atom. The van der Waals surface area contributed by atoms with Crippen LogP contribution in [0.15, 0.2) is 140 Å². The van der Waals surface area contributed by atoms with Crippen LogP contribution >= 0.6 is 0 Å². The van der Waals surface area contributed by atoms with Crippen molar-refractivity contribution in [3.8, 4) is 12.3 Å². The van der Waals surface area contributed by atoms with Gasteiger partial charge in [0.1, 0.15) is 0 Å².